The second-order valence-electron chi connectivity index (χ2n) is 5.11. The van der Waals surface area contributed by atoms with Gasteiger partial charge in [-0.1, -0.05) is 28.1 Å². The van der Waals surface area contributed by atoms with Crippen LogP contribution in [0.4, 0.5) is 17.2 Å². The largest absolute Gasteiger partial charge is 0.497 e. The number of carbonyl (C=O) groups excluding carboxylic acids is 1. The Morgan fingerprint density at radius 3 is 2.56 bits per heavy atom. The van der Waals surface area contributed by atoms with Crippen LogP contribution in [0.3, 0.4) is 0 Å². The number of rotatable bonds is 5. The molecule has 0 bridgehead atoms. The number of nitrogens with one attached hydrogen (secondary N) is 2. The Kier molecular flexibility index (Phi) is 5.25. The van der Waals surface area contributed by atoms with Gasteiger partial charge in [0, 0.05) is 21.9 Å². The Morgan fingerprint density at radius 1 is 1.04 bits per heavy atom. The van der Waals surface area contributed by atoms with Gasteiger partial charge < -0.3 is 15.4 Å². The zero-order valence-electron chi connectivity index (χ0n) is 13.4. The first-order valence-electron chi connectivity index (χ1n) is 7.44. The van der Waals surface area contributed by atoms with Crippen LogP contribution in [0.15, 0.2) is 65.4 Å². The predicted molar refractivity (Wildman–Crippen MR) is 100 cm³/mol. The number of aromatic nitrogens is 2. The lowest BCUT2D eigenvalue weighted by molar-refractivity contribution is 0.102. The molecule has 7 heteroatoms. The molecule has 6 nitrogen and oxygen atoms in total. The van der Waals surface area contributed by atoms with E-state index in [0.29, 0.717) is 11.5 Å². The molecule has 2 aromatic carbocycles. The number of ether oxygens (including phenoxy) is 1. The monoisotopic (exact) mass is 398 g/mol. The van der Waals surface area contributed by atoms with E-state index in [1.807, 2.05) is 42.5 Å². The van der Waals surface area contributed by atoms with E-state index in [2.05, 4.69) is 36.5 Å². The van der Waals surface area contributed by atoms with Gasteiger partial charge in [-0.2, -0.15) is 0 Å². The number of methoxy groups -OCH3 is 1. The topological polar surface area (TPSA) is 76.1 Å². The summed E-state index contributed by atoms with van der Waals surface area (Å²) in [5.41, 5.74) is 1.73. The SMILES string of the molecule is COc1cccc(Nc2cnc(C(=O)Nc3cccc(Br)c3)cn2)c1. The van der Waals surface area contributed by atoms with Gasteiger partial charge in [0.15, 0.2) is 0 Å². The summed E-state index contributed by atoms with van der Waals surface area (Å²) in [5.74, 6) is 0.953. The van der Waals surface area contributed by atoms with Crippen molar-refractivity contribution in [2.24, 2.45) is 0 Å². The number of hydrogen-bond donors (Lipinski definition) is 2. The van der Waals surface area contributed by atoms with Gasteiger partial charge >= 0.3 is 0 Å². The summed E-state index contributed by atoms with van der Waals surface area (Å²) in [6.07, 6.45) is 2.94. The molecule has 0 spiro atoms. The first-order chi connectivity index (χ1) is 12.1. The van der Waals surface area contributed by atoms with Crippen LogP contribution < -0.4 is 15.4 Å². The third-order valence-corrected chi connectivity index (χ3v) is 3.80. The van der Waals surface area contributed by atoms with Crippen molar-refractivity contribution < 1.29 is 9.53 Å². The van der Waals surface area contributed by atoms with Gasteiger partial charge in [0.05, 0.1) is 19.5 Å². The average molecular weight is 399 g/mol. The Labute approximate surface area is 153 Å². The molecule has 0 unspecified atom stereocenters. The van der Waals surface area contributed by atoms with Crippen molar-refractivity contribution in [2.45, 2.75) is 0 Å². The molecule has 1 aromatic heterocycles. The lowest BCUT2D eigenvalue weighted by Crippen LogP contribution is -2.14. The van der Waals surface area contributed by atoms with Crippen molar-refractivity contribution in [1.29, 1.82) is 0 Å². The first kappa shape index (κ1) is 16.9. The lowest BCUT2D eigenvalue weighted by atomic mass is 10.3. The molecule has 0 radical (unpaired) electrons. The molecule has 126 valence electrons. The molecule has 0 atom stereocenters. The normalized spacial score (nSPS) is 10.2. The maximum absolute atomic E-state index is 12.2. The summed E-state index contributed by atoms with van der Waals surface area (Å²) in [5, 5.41) is 5.89. The van der Waals surface area contributed by atoms with E-state index in [1.165, 1.54) is 12.4 Å². The van der Waals surface area contributed by atoms with E-state index in [1.54, 1.807) is 13.2 Å². The second-order valence-corrected chi connectivity index (χ2v) is 6.02. The summed E-state index contributed by atoms with van der Waals surface area (Å²) in [6, 6.07) is 14.8. The molecule has 1 amide bonds. The number of amides is 1. The van der Waals surface area contributed by atoms with Gasteiger partial charge in [-0.25, -0.2) is 9.97 Å². The van der Waals surface area contributed by atoms with Crippen LogP contribution in [0.1, 0.15) is 10.5 Å². The number of hydrogen-bond acceptors (Lipinski definition) is 5. The maximum atomic E-state index is 12.2. The minimum absolute atomic E-state index is 0.233. The number of nitrogens with zero attached hydrogens (tertiary/aromatic N) is 2. The van der Waals surface area contributed by atoms with E-state index in [4.69, 9.17) is 4.74 Å². The van der Waals surface area contributed by atoms with E-state index in [-0.39, 0.29) is 11.6 Å². The summed E-state index contributed by atoms with van der Waals surface area (Å²) >= 11 is 3.36. The summed E-state index contributed by atoms with van der Waals surface area (Å²) < 4.78 is 6.06. The van der Waals surface area contributed by atoms with Gasteiger partial charge in [-0.3, -0.25) is 4.79 Å². The Balaban J connectivity index is 1.68. The fraction of sp³-hybridized carbons (Fsp3) is 0.0556. The van der Waals surface area contributed by atoms with Gasteiger partial charge in [-0.15, -0.1) is 0 Å². The fourth-order valence-electron chi connectivity index (χ4n) is 2.12. The van der Waals surface area contributed by atoms with Crippen molar-refractivity contribution in [1.82, 2.24) is 9.97 Å². The van der Waals surface area contributed by atoms with E-state index in [0.717, 1.165) is 15.9 Å². The molecule has 3 aromatic rings. The van der Waals surface area contributed by atoms with Crippen molar-refractivity contribution in [2.75, 3.05) is 17.7 Å². The van der Waals surface area contributed by atoms with Crippen molar-refractivity contribution in [3.05, 3.63) is 71.1 Å². The molecule has 0 saturated carbocycles. The third kappa shape index (κ3) is 4.54. The number of anilines is 3. The molecule has 1 heterocycles. The quantitative estimate of drug-likeness (QED) is 0.671. The minimum Gasteiger partial charge on any atom is -0.497 e. The van der Waals surface area contributed by atoms with Crippen LogP contribution in [0.2, 0.25) is 0 Å². The van der Waals surface area contributed by atoms with Crippen molar-refractivity contribution >= 4 is 39.0 Å². The summed E-state index contributed by atoms with van der Waals surface area (Å²) in [4.78, 5) is 20.6. The van der Waals surface area contributed by atoms with E-state index < -0.39 is 0 Å². The Bertz CT molecular complexity index is 884. The maximum Gasteiger partial charge on any atom is 0.275 e. The molecule has 25 heavy (non-hydrogen) atoms. The number of benzene rings is 2. The number of carbonyl (C=O) groups is 1. The third-order valence-electron chi connectivity index (χ3n) is 3.31. The van der Waals surface area contributed by atoms with Gasteiger partial charge in [0.2, 0.25) is 0 Å². The molecule has 0 aliphatic carbocycles. The molecular formula is C18H15BrN4O2. The highest BCUT2D eigenvalue weighted by atomic mass is 79.9. The van der Waals surface area contributed by atoms with Crippen LogP contribution in [0.5, 0.6) is 5.75 Å². The zero-order chi connectivity index (χ0) is 17.6. The Hall–Kier alpha value is -2.93. The van der Waals surface area contributed by atoms with Gasteiger partial charge in [0.1, 0.15) is 17.3 Å². The molecule has 2 N–H and O–H groups in total. The van der Waals surface area contributed by atoms with E-state index in [9.17, 15) is 4.79 Å². The van der Waals surface area contributed by atoms with Crippen LogP contribution in [0.25, 0.3) is 0 Å². The highest BCUT2D eigenvalue weighted by molar-refractivity contribution is 9.10. The van der Waals surface area contributed by atoms with Crippen molar-refractivity contribution in [3.63, 3.8) is 0 Å². The Morgan fingerprint density at radius 2 is 1.84 bits per heavy atom. The van der Waals surface area contributed by atoms with Crippen LogP contribution in [0, 0.1) is 0 Å². The lowest BCUT2D eigenvalue weighted by Gasteiger charge is -2.08. The first-order valence-corrected chi connectivity index (χ1v) is 8.23. The fourth-order valence-corrected chi connectivity index (χ4v) is 2.52. The molecule has 0 aliphatic heterocycles. The molecule has 0 saturated heterocycles. The van der Waals surface area contributed by atoms with Crippen LogP contribution >= 0.6 is 15.9 Å². The smallest absolute Gasteiger partial charge is 0.275 e. The summed E-state index contributed by atoms with van der Waals surface area (Å²) in [7, 11) is 1.61. The molecule has 0 fully saturated rings. The standard InChI is InChI=1S/C18H15BrN4O2/c1-25-15-7-3-6-14(9-15)22-17-11-20-16(10-21-17)18(24)23-13-5-2-4-12(19)8-13/h2-11H,1H3,(H,21,22)(H,23,24). The highest BCUT2D eigenvalue weighted by Crippen LogP contribution is 2.20. The van der Waals surface area contributed by atoms with Gasteiger partial charge in [0.25, 0.3) is 5.91 Å². The van der Waals surface area contributed by atoms with Gasteiger partial charge in [-0.05, 0) is 30.3 Å². The highest BCUT2D eigenvalue weighted by Gasteiger charge is 2.09. The van der Waals surface area contributed by atoms with Crippen LogP contribution in [-0.2, 0) is 0 Å². The molecule has 3 rings (SSSR count). The second kappa shape index (κ2) is 7.76. The summed E-state index contributed by atoms with van der Waals surface area (Å²) in [6.45, 7) is 0. The number of halogens is 1. The van der Waals surface area contributed by atoms with Crippen molar-refractivity contribution in [3.8, 4) is 5.75 Å². The predicted octanol–water partition coefficient (Wildman–Crippen LogP) is 4.24. The zero-order valence-corrected chi connectivity index (χ0v) is 14.9. The molecular weight excluding hydrogens is 384 g/mol. The van der Waals surface area contributed by atoms with E-state index >= 15 is 0 Å². The molecule has 0 aliphatic rings. The average Bonchev–Trinajstić information content (AvgIpc) is 2.62. The van der Waals surface area contributed by atoms with Crippen LogP contribution in [-0.4, -0.2) is 23.0 Å². The minimum atomic E-state index is -0.321.